The lowest BCUT2D eigenvalue weighted by Crippen LogP contribution is -2.50. The normalized spacial score (nSPS) is 16.2. The number of nitrogens with zero attached hydrogens (tertiary/aromatic N) is 3. The van der Waals surface area contributed by atoms with Gasteiger partial charge in [-0.2, -0.15) is 9.40 Å². The third-order valence-corrected chi connectivity index (χ3v) is 6.69. The molecular formula is C16H19ClN4O3S. The zero-order valence-electron chi connectivity index (χ0n) is 14.0. The van der Waals surface area contributed by atoms with Crippen molar-refractivity contribution in [3.05, 3.63) is 46.2 Å². The van der Waals surface area contributed by atoms with E-state index in [-0.39, 0.29) is 23.9 Å². The van der Waals surface area contributed by atoms with Crippen molar-refractivity contribution in [1.82, 2.24) is 19.4 Å². The summed E-state index contributed by atoms with van der Waals surface area (Å²) in [6.45, 7) is 4.55. The predicted molar refractivity (Wildman–Crippen MR) is 94.2 cm³/mol. The topological polar surface area (TPSA) is 86.4 Å². The number of aromatic amines is 1. The number of piperazine rings is 1. The maximum Gasteiger partial charge on any atom is 0.253 e. The number of halogens is 1. The monoisotopic (exact) mass is 382 g/mol. The van der Waals surface area contributed by atoms with E-state index in [0.29, 0.717) is 35.1 Å². The van der Waals surface area contributed by atoms with Crippen LogP contribution < -0.4 is 0 Å². The molecule has 1 aromatic carbocycles. The second-order valence-corrected chi connectivity index (χ2v) is 8.28. The number of amides is 1. The van der Waals surface area contributed by atoms with E-state index >= 15 is 0 Å². The van der Waals surface area contributed by atoms with Gasteiger partial charge < -0.3 is 4.90 Å². The van der Waals surface area contributed by atoms with Gasteiger partial charge >= 0.3 is 0 Å². The van der Waals surface area contributed by atoms with Gasteiger partial charge in [-0.15, -0.1) is 0 Å². The number of hydrogen-bond acceptors (Lipinski definition) is 4. The quantitative estimate of drug-likeness (QED) is 0.877. The number of carbonyl (C=O) groups excluding carboxylic acids is 1. The number of nitrogens with one attached hydrogen (secondary N) is 1. The molecule has 0 bridgehead atoms. The van der Waals surface area contributed by atoms with Crippen molar-refractivity contribution < 1.29 is 13.2 Å². The van der Waals surface area contributed by atoms with Gasteiger partial charge in [0, 0.05) is 36.8 Å². The number of carbonyl (C=O) groups is 1. The Kier molecular flexibility index (Phi) is 4.86. The summed E-state index contributed by atoms with van der Waals surface area (Å²) in [7, 11) is -3.62. The summed E-state index contributed by atoms with van der Waals surface area (Å²) < 4.78 is 27.0. The maximum absolute atomic E-state index is 12.8. The van der Waals surface area contributed by atoms with Crippen molar-refractivity contribution >= 4 is 27.5 Å². The van der Waals surface area contributed by atoms with Crippen LogP contribution in [0.5, 0.6) is 0 Å². The molecule has 3 rings (SSSR count). The minimum Gasteiger partial charge on any atom is -0.336 e. The Labute approximate surface area is 151 Å². The highest BCUT2D eigenvalue weighted by atomic mass is 35.5. The van der Waals surface area contributed by atoms with Gasteiger partial charge in [0.2, 0.25) is 10.0 Å². The van der Waals surface area contributed by atoms with Crippen LogP contribution in [0, 0.1) is 13.8 Å². The summed E-state index contributed by atoms with van der Waals surface area (Å²) in [5.74, 6) is -0.121. The molecule has 7 nitrogen and oxygen atoms in total. The number of H-pyrrole nitrogens is 1. The Hall–Kier alpha value is -1.90. The fourth-order valence-electron chi connectivity index (χ4n) is 2.96. The number of aryl methyl sites for hydroxylation is 2. The molecule has 0 spiro atoms. The Morgan fingerprint density at radius 2 is 1.72 bits per heavy atom. The number of rotatable bonds is 3. The van der Waals surface area contributed by atoms with Gasteiger partial charge in [0.15, 0.2) is 0 Å². The second kappa shape index (κ2) is 6.78. The van der Waals surface area contributed by atoms with Crippen LogP contribution in [0.3, 0.4) is 0 Å². The minimum atomic E-state index is -3.62. The fraction of sp³-hybridized carbons (Fsp3) is 0.375. The summed E-state index contributed by atoms with van der Waals surface area (Å²) in [5.41, 5.74) is 1.52. The highest BCUT2D eigenvalue weighted by Gasteiger charge is 2.33. The number of sulfonamides is 1. The minimum absolute atomic E-state index is 0.121. The average Bonchev–Trinajstić information content (AvgIpc) is 2.94. The van der Waals surface area contributed by atoms with Crippen LogP contribution in [0.15, 0.2) is 29.2 Å². The molecule has 0 atom stereocenters. The first kappa shape index (κ1) is 17.9. The molecule has 1 saturated heterocycles. The summed E-state index contributed by atoms with van der Waals surface area (Å²) in [4.78, 5) is 14.4. The summed E-state index contributed by atoms with van der Waals surface area (Å²) >= 11 is 5.84. The SMILES string of the molecule is Cc1n[nH]c(C)c1S(=O)(=O)N1CCN(C(=O)c2ccc(Cl)cc2)CC1. The van der Waals surface area contributed by atoms with Gasteiger partial charge in [0.25, 0.3) is 5.91 Å². The maximum atomic E-state index is 12.8. The summed E-state index contributed by atoms with van der Waals surface area (Å²) in [6, 6.07) is 6.68. The first-order valence-electron chi connectivity index (χ1n) is 7.87. The van der Waals surface area contributed by atoms with Gasteiger partial charge in [0.05, 0.1) is 11.4 Å². The van der Waals surface area contributed by atoms with E-state index in [1.165, 1.54) is 4.31 Å². The average molecular weight is 383 g/mol. The van der Waals surface area contributed by atoms with E-state index in [2.05, 4.69) is 10.2 Å². The third-order valence-electron chi connectivity index (χ3n) is 4.28. The van der Waals surface area contributed by atoms with Crippen molar-refractivity contribution in [2.24, 2.45) is 0 Å². The molecule has 1 aromatic heterocycles. The molecular weight excluding hydrogens is 364 g/mol. The lowest BCUT2D eigenvalue weighted by Gasteiger charge is -2.34. The molecule has 0 aliphatic carbocycles. The third kappa shape index (κ3) is 3.42. The zero-order valence-corrected chi connectivity index (χ0v) is 15.6. The highest BCUT2D eigenvalue weighted by molar-refractivity contribution is 7.89. The van der Waals surface area contributed by atoms with Crippen LogP contribution in [-0.4, -0.2) is 59.9 Å². The van der Waals surface area contributed by atoms with E-state index in [9.17, 15) is 13.2 Å². The van der Waals surface area contributed by atoms with E-state index in [0.717, 1.165) is 0 Å². The number of aromatic nitrogens is 2. The zero-order chi connectivity index (χ0) is 18.2. The molecule has 25 heavy (non-hydrogen) atoms. The Balaban J connectivity index is 1.71. The first-order chi connectivity index (χ1) is 11.8. The molecule has 1 aliphatic rings. The van der Waals surface area contributed by atoms with Crippen LogP contribution in [-0.2, 0) is 10.0 Å². The van der Waals surface area contributed by atoms with E-state index in [4.69, 9.17) is 11.6 Å². The predicted octanol–water partition coefficient (Wildman–Crippen LogP) is 1.83. The molecule has 1 aliphatic heterocycles. The molecule has 0 radical (unpaired) electrons. The molecule has 0 saturated carbocycles. The number of benzene rings is 1. The van der Waals surface area contributed by atoms with E-state index in [1.54, 1.807) is 43.0 Å². The summed E-state index contributed by atoms with van der Waals surface area (Å²) in [6.07, 6.45) is 0. The molecule has 1 N–H and O–H groups in total. The second-order valence-electron chi connectivity index (χ2n) is 5.97. The Morgan fingerprint density at radius 3 is 2.24 bits per heavy atom. The molecule has 0 unspecified atom stereocenters. The molecule has 134 valence electrons. The first-order valence-corrected chi connectivity index (χ1v) is 9.69. The summed E-state index contributed by atoms with van der Waals surface area (Å²) in [5, 5.41) is 7.23. The molecule has 2 aromatic rings. The fourth-order valence-corrected chi connectivity index (χ4v) is 4.84. The van der Waals surface area contributed by atoms with Crippen molar-refractivity contribution in [1.29, 1.82) is 0 Å². The Bertz CT molecular complexity index is 865. The van der Waals surface area contributed by atoms with Crippen molar-refractivity contribution in [2.45, 2.75) is 18.7 Å². The molecule has 1 fully saturated rings. The van der Waals surface area contributed by atoms with Crippen LogP contribution in [0.25, 0.3) is 0 Å². The van der Waals surface area contributed by atoms with Crippen molar-refractivity contribution in [2.75, 3.05) is 26.2 Å². The molecule has 1 amide bonds. The van der Waals surface area contributed by atoms with Crippen LogP contribution in [0.4, 0.5) is 0 Å². The lowest BCUT2D eigenvalue weighted by molar-refractivity contribution is 0.0698. The molecule has 9 heteroatoms. The van der Waals surface area contributed by atoms with Crippen LogP contribution in [0.1, 0.15) is 21.7 Å². The van der Waals surface area contributed by atoms with E-state index < -0.39 is 10.0 Å². The van der Waals surface area contributed by atoms with Crippen LogP contribution >= 0.6 is 11.6 Å². The van der Waals surface area contributed by atoms with Gasteiger partial charge in [-0.3, -0.25) is 9.89 Å². The van der Waals surface area contributed by atoms with Gasteiger partial charge in [-0.25, -0.2) is 8.42 Å². The van der Waals surface area contributed by atoms with Gasteiger partial charge in [-0.05, 0) is 38.1 Å². The van der Waals surface area contributed by atoms with Crippen molar-refractivity contribution in [3.63, 3.8) is 0 Å². The standard InChI is InChI=1S/C16H19ClN4O3S/c1-11-15(12(2)19-18-11)25(23,24)21-9-7-20(8-10-21)16(22)13-3-5-14(17)6-4-13/h3-6H,7-10H2,1-2H3,(H,18,19). The smallest absolute Gasteiger partial charge is 0.253 e. The van der Waals surface area contributed by atoms with Crippen LogP contribution in [0.2, 0.25) is 5.02 Å². The largest absolute Gasteiger partial charge is 0.336 e. The lowest BCUT2D eigenvalue weighted by atomic mass is 10.2. The Morgan fingerprint density at radius 1 is 1.12 bits per heavy atom. The number of hydrogen-bond donors (Lipinski definition) is 1. The molecule has 2 heterocycles. The highest BCUT2D eigenvalue weighted by Crippen LogP contribution is 2.23. The van der Waals surface area contributed by atoms with Crippen molar-refractivity contribution in [3.8, 4) is 0 Å². The van der Waals surface area contributed by atoms with E-state index in [1.807, 2.05) is 0 Å². The van der Waals surface area contributed by atoms with Gasteiger partial charge in [-0.1, -0.05) is 11.6 Å². The van der Waals surface area contributed by atoms with Gasteiger partial charge in [0.1, 0.15) is 4.90 Å².